The van der Waals surface area contributed by atoms with E-state index >= 15 is 0 Å². The third kappa shape index (κ3) is 3.59. The third-order valence-electron chi connectivity index (χ3n) is 3.70. The van der Waals surface area contributed by atoms with Crippen LogP contribution in [-0.4, -0.2) is 17.4 Å². The van der Waals surface area contributed by atoms with Gasteiger partial charge in [-0.1, -0.05) is 44.2 Å². The van der Waals surface area contributed by atoms with E-state index in [0.717, 1.165) is 11.9 Å². The molecule has 4 heteroatoms. The van der Waals surface area contributed by atoms with Gasteiger partial charge in [0.1, 0.15) is 5.52 Å². The highest BCUT2D eigenvalue weighted by molar-refractivity contribution is 5.97. The zero-order valence-electron chi connectivity index (χ0n) is 13.4. The Hall–Kier alpha value is -2.62. The van der Waals surface area contributed by atoms with Crippen LogP contribution in [-0.2, 0) is 6.42 Å². The van der Waals surface area contributed by atoms with Crippen molar-refractivity contribution in [3.8, 4) is 0 Å². The molecule has 2 aromatic carbocycles. The Morgan fingerprint density at radius 1 is 1.17 bits per heavy atom. The molecule has 1 N–H and O–H groups in total. The molecule has 0 unspecified atom stereocenters. The van der Waals surface area contributed by atoms with Crippen LogP contribution < -0.4 is 5.32 Å². The standard InChI is InChI=1S/C19H20N2O2/c1-13(2)19-21-16-9-8-15(12-17(16)23-19)18(22)20-11-10-14-6-4-3-5-7-14/h3-9,12-13H,10-11H2,1-2H3,(H,20,22). The van der Waals surface area contributed by atoms with Gasteiger partial charge in [0.25, 0.3) is 5.91 Å². The molecule has 0 bridgehead atoms. The van der Waals surface area contributed by atoms with Gasteiger partial charge in [-0.15, -0.1) is 0 Å². The molecule has 0 aliphatic rings. The van der Waals surface area contributed by atoms with Crippen LogP contribution in [0.3, 0.4) is 0 Å². The molecule has 0 radical (unpaired) electrons. The molecular formula is C19H20N2O2. The van der Waals surface area contributed by atoms with Crippen molar-refractivity contribution < 1.29 is 9.21 Å². The van der Waals surface area contributed by atoms with Crippen molar-refractivity contribution in [1.82, 2.24) is 10.3 Å². The predicted molar refractivity (Wildman–Crippen MR) is 90.6 cm³/mol. The van der Waals surface area contributed by atoms with Crippen LogP contribution in [0.5, 0.6) is 0 Å². The number of amides is 1. The predicted octanol–water partition coefficient (Wildman–Crippen LogP) is 3.92. The number of hydrogen-bond donors (Lipinski definition) is 1. The first-order chi connectivity index (χ1) is 11.1. The van der Waals surface area contributed by atoms with Crippen LogP contribution >= 0.6 is 0 Å². The van der Waals surface area contributed by atoms with Gasteiger partial charge in [-0.3, -0.25) is 4.79 Å². The summed E-state index contributed by atoms with van der Waals surface area (Å²) in [4.78, 5) is 16.7. The van der Waals surface area contributed by atoms with E-state index in [0.29, 0.717) is 23.6 Å². The maximum absolute atomic E-state index is 12.2. The van der Waals surface area contributed by atoms with Crippen molar-refractivity contribution in [2.24, 2.45) is 0 Å². The van der Waals surface area contributed by atoms with Crippen molar-refractivity contribution in [3.63, 3.8) is 0 Å². The topological polar surface area (TPSA) is 55.1 Å². The summed E-state index contributed by atoms with van der Waals surface area (Å²) in [6.07, 6.45) is 0.814. The minimum Gasteiger partial charge on any atom is -0.440 e. The summed E-state index contributed by atoms with van der Waals surface area (Å²) in [5.41, 5.74) is 3.25. The number of oxazole rings is 1. The average molecular weight is 308 g/mol. The first-order valence-electron chi connectivity index (χ1n) is 7.86. The normalized spacial score (nSPS) is 11.1. The molecule has 4 nitrogen and oxygen atoms in total. The number of fused-ring (bicyclic) bond motifs is 1. The quantitative estimate of drug-likeness (QED) is 0.777. The van der Waals surface area contributed by atoms with E-state index in [1.807, 2.05) is 38.1 Å². The summed E-state index contributed by atoms with van der Waals surface area (Å²) in [6, 6.07) is 15.5. The highest BCUT2D eigenvalue weighted by atomic mass is 16.3. The Labute approximate surface area is 135 Å². The molecule has 1 heterocycles. The van der Waals surface area contributed by atoms with Crippen molar-refractivity contribution in [2.45, 2.75) is 26.2 Å². The second-order valence-electron chi connectivity index (χ2n) is 5.88. The zero-order valence-corrected chi connectivity index (χ0v) is 13.4. The summed E-state index contributed by atoms with van der Waals surface area (Å²) in [7, 11) is 0. The Morgan fingerprint density at radius 3 is 2.70 bits per heavy atom. The fourth-order valence-corrected chi connectivity index (χ4v) is 2.40. The molecule has 0 fully saturated rings. The van der Waals surface area contributed by atoms with Crippen LogP contribution in [0.25, 0.3) is 11.1 Å². The second kappa shape index (κ2) is 6.65. The van der Waals surface area contributed by atoms with Gasteiger partial charge in [-0.25, -0.2) is 4.98 Å². The van der Waals surface area contributed by atoms with Gasteiger partial charge in [0.05, 0.1) is 0 Å². The SMILES string of the molecule is CC(C)c1nc2ccc(C(=O)NCCc3ccccc3)cc2o1. The summed E-state index contributed by atoms with van der Waals surface area (Å²) in [5, 5.41) is 2.94. The second-order valence-corrected chi connectivity index (χ2v) is 5.88. The number of aromatic nitrogens is 1. The molecule has 3 rings (SSSR count). The molecule has 0 aliphatic carbocycles. The van der Waals surface area contributed by atoms with Crippen LogP contribution in [0.1, 0.15) is 41.6 Å². The molecule has 23 heavy (non-hydrogen) atoms. The maximum atomic E-state index is 12.2. The largest absolute Gasteiger partial charge is 0.440 e. The van der Waals surface area contributed by atoms with Gasteiger partial charge in [0, 0.05) is 18.0 Å². The van der Waals surface area contributed by atoms with E-state index < -0.39 is 0 Å². The number of carbonyl (C=O) groups excluding carboxylic acids is 1. The number of nitrogens with zero attached hydrogens (tertiary/aromatic N) is 1. The van der Waals surface area contributed by atoms with Crippen molar-refractivity contribution in [1.29, 1.82) is 0 Å². The molecule has 3 aromatic rings. The molecule has 1 aromatic heterocycles. The Balaban J connectivity index is 1.66. The highest BCUT2D eigenvalue weighted by Gasteiger charge is 2.12. The molecule has 0 aliphatic heterocycles. The number of rotatable bonds is 5. The molecule has 0 spiro atoms. The molecule has 118 valence electrons. The number of carbonyl (C=O) groups is 1. The number of nitrogens with one attached hydrogen (secondary N) is 1. The molecule has 0 saturated carbocycles. The number of hydrogen-bond acceptors (Lipinski definition) is 3. The van der Waals surface area contributed by atoms with Gasteiger partial charge >= 0.3 is 0 Å². The fourth-order valence-electron chi connectivity index (χ4n) is 2.40. The lowest BCUT2D eigenvalue weighted by atomic mass is 10.1. The molecule has 0 atom stereocenters. The lowest BCUT2D eigenvalue weighted by Crippen LogP contribution is -2.25. The summed E-state index contributed by atoms with van der Waals surface area (Å²) in [5.74, 6) is 0.831. The maximum Gasteiger partial charge on any atom is 0.251 e. The molecule has 0 saturated heterocycles. The summed E-state index contributed by atoms with van der Waals surface area (Å²) in [6.45, 7) is 4.67. The van der Waals surface area contributed by atoms with E-state index in [4.69, 9.17) is 4.42 Å². The van der Waals surface area contributed by atoms with Gasteiger partial charge < -0.3 is 9.73 Å². The van der Waals surface area contributed by atoms with E-state index in [9.17, 15) is 4.79 Å². The molecular weight excluding hydrogens is 288 g/mol. The van der Waals surface area contributed by atoms with Crippen molar-refractivity contribution in [2.75, 3.05) is 6.54 Å². The fraction of sp³-hybridized carbons (Fsp3) is 0.263. The van der Waals surface area contributed by atoms with Crippen LogP contribution in [0, 0.1) is 0 Å². The van der Waals surface area contributed by atoms with Gasteiger partial charge in [-0.2, -0.15) is 0 Å². The summed E-state index contributed by atoms with van der Waals surface area (Å²) >= 11 is 0. The zero-order chi connectivity index (χ0) is 16.2. The lowest BCUT2D eigenvalue weighted by Gasteiger charge is -2.05. The van der Waals surface area contributed by atoms with E-state index in [1.165, 1.54) is 5.56 Å². The Bertz CT molecular complexity index is 807. The van der Waals surface area contributed by atoms with Crippen molar-refractivity contribution in [3.05, 3.63) is 65.5 Å². The lowest BCUT2D eigenvalue weighted by molar-refractivity contribution is 0.0954. The third-order valence-corrected chi connectivity index (χ3v) is 3.70. The van der Waals surface area contributed by atoms with E-state index in [2.05, 4.69) is 22.4 Å². The van der Waals surface area contributed by atoms with Crippen molar-refractivity contribution >= 4 is 17.0 Å². The van der Waals surface area contributed by atoms with E-state index in [-0.39, 0.29) is 11.8 Å². The van der Waals surface area contributed by atoms with Crippen LogP contribution in [0.4, 0.5) is 0 Å². The van der Waals surface area contributed by atoms with Gasteiger partial charge in [0.15, 0.2) is 11.5 Å². The van der Waals surface area contributed by atoms with Gasteiger partial charge in [-0.05, 0) is 30.2 Å². The van der Waals surface area contributed by atoms with Crippen LogP contribution in [0.15, 0.2) is 52.9 Å². The van der Waals surface area contributed by atoms with Gasteiger partial charge in [0.2, 0.25) is 0 Å². The number of benzene rings is 2. The summed E-state index contributed by atoms with van der Waals surface area (Å²) < 4.78 is 5.70. The van der Waals surface area contributed by atoms with E-state index in [1.54, 1.807) is 12.1 Å². The van der Waals surface area contributed by atoms with Crippen LogP contribution in [0.2, 0.25) is 0 Å². The minimum atomic E-state index is -0.0923. The first kappa shape index (κ1) is 15.3. The Morgan fingerprint density at radius 2 is 1.96 bits per heavy atom. The Kier molecular flexibility index (Phi) is 4.42. The minimum absolute atomic E-state index is 0.0923. The highest BCUT2D eigenvalue weighted by Crippen LogP contribution is 2.22. The smallest absolute Gasteiger partial charge is 0.251 e. The molecule has 1 amide bonds. The average Bonchev–Trinajstić information content (AvgIpc) is 2.99. The monoisotopic (exact) mass is 308 g/mol. The first-order valence-corrected chi connectivity index (χ1v) is 7.86.